The molecule has 0 amide bonds. The molecule has 1 aromatic carbocycles. The molecule has 0 saturated carbocycles. The van der Waals surface area contributed by atoms with Crippen molar-refractivity contribution in [3.63, 3.8) is 0 Å². The molecule has 0 bridgehead atoms. The van der Waals surface area contributed by atoms with Crippen molar-refractivity contribution < 1.29 is 23.6 Å². The SMILES string of the molecule is O=C(OCC[NH+]1CCOCC1)c1cccc(F)c1. The number of halogens is 1. The number of quaternary nitrogens is 1. The largest absolute Gasteiger partial charge is 0.456 e. The Balaban J connectivity index is 1.74. The van der Waals surface area contributed by atoms with Crippen molar-refractivity contribution >= 4 is 5.97 Å². The molecule has 1 aliphatic rings. The molecule has 1 aromatic rings. The first-order valence-corrected chi connectivity index (χ1v) is 6.10. The molecule has 98 valence electrons. The molecule has 2 rings (SSSR count). The van der Waals surface area contributed by atoms with Gasteiger partial charge in [-0.2, -0.15) is 0 Å². The Kier molecular flexibility index (Phi) is 4.66. The van der Waals surface area contributed by atoms with Gasteiger partial charge in [0.2, 0.25) is 0 Å². The van der Waals surface area contributed by atoms with E-state index in [4.69, 9.17) is 9.47 Å². The second-order valence-corrected chi connectivity index (χ2v) is 4.26. The van der Waals surface area contributed by atoms with Crippen LogP contribution in [0.15, 0.2) is 24.3 Å². The zero-order valence-corrected chi connectivity index (χ0v) is 10.2. The van der Waals surface area contributed by atoms with Crippen LogP contribution in [0.1, 0.15) is 10.4 Å². The van der Waals surface area contributed by atoms with E-state index in [1.807, 2.05) is 0 Å². The maximum absolute atomic E-state index is 12.9. The molecule has 1 aliphatic heterocycles. The van der Waals surface area contributed by atoms with Gasteiger partial charge < -0.3 is 14.4 Å². The van der Waals surface area contributed by atoms with Gasteiger partial charge in [-0.15, -0.1) is 0 Å². The maximum atomic E-state index is 12.9. The molecular formula is C13H17FNO3+. The highest BCUT2D eigenvalue weighted by atomic mass is 19.1. The summed E-state index contributed by atoms with van der Waals surface area (Å²) >= 11 is 0. The van der Waals surface area contributed by atoms with Crippen molar-refractivity contribution in [2.24, 2.45) is 0 Å². The lowest BCUT2D eigenvalue weighted by Crippen LogP contribution is -3.14. The first kappa shape index (κ1) is 13.0. The van der Waals surface area contributed by atoms with E-state index in [0.717, 1.165) is 32.8 Å². The highest BCUT2D eigenvalue weighted by Crippen LogP contribution is 2.04. The Morgan fingerprint density at radius 1 is 1.39 bits per heavy atom. The molecule has 1 N–H and O–H groups in total. The molecular weight excluding hydrogens is 237 g/mol. The Morgan fingerprint density at radius 2 is 2.17 bits per heavy atom. The second kappa shape index (κ2) is 6.47. The van der Waals surface area contributed by atoms with E-state index in [0.29, 0.717) is 6.61 Å². The van der Waals surface area contributed by atoms with Crippen LogP contribution in [0.3, 0.4) is 0 Å². The minimum atomic E-state index is -0.470. The van der Waals surface area contributed by atoms with Gasteiger partial charge in [0.15, 0.2) is 0 Å². The molecule has 0 spiro atoms. The van der Waals surface area contributed by atoms with Gasteiger partial charge in [0.05, 0.1) is 18.8 Å². The number of hydrogen-bond donors (Lipinski definition) is 1. The van der Waals surface area contributed by atoms with Crippen LogP contribution >= 0.6 is 0 Å². The molecule has 0 atom stereocenters. The van der Waals surface area contributed by atoms with Crippen molar-refractivity contribution in [3.8, 4) is 0 Å². The number of rotatable bonds is 4. The lowest BCUT2D eigenvalue weighted by molar-refractivity contribution is -0.908. The zero-order valence-electron chi connectivity index (χ0n) is 10.2. The van der Waals surface area contributed by atoms with E-state index >= 15 is 0 Å². The van der Waals surface area contributed by atoms with Crippen molar-refractivity contribution in [2.45, 2.75) is 0 Å². The van der Waals surface area contributed by atoms with Crippen LogP contribution < -0.4 is 4.90 Å². The van der Waals surface area contributed by atoms with Crippen LogP contribution in [0.25, 0.3) is 0 Å². The van der Waals surface area contributed by atoms with Crippen LogP contribution in [-0.2, 0) is 9.47 Å². The Bertz CT molecular complexity index is 405. The third-order valence-electron chi connectivity index (χ3n) is 2.95. The molecule has 1 fully saturated rings. The average molecular weight is 254 g/mol. The number of hydrogen-bond acceptors (Lipinski definition) is 3. The summed E-state index contributed by atoms with van der Waals surface area (Å²) in [5.74, 6) is -0.898. The highest BCUT2D eigenvalue weighted by molar-refractivity contribution is 5.89. The molecule has 0 unspecified atom stereocenters. The highest BCUT2D eigenvalue weighted by Gasteiger charge is 2.14. The maximum Gasteiger partial charge on any atom is 0.338 e. The summed E-state index contributed by atoms with van der Waals surface area (Å²) in [4.78, 5) is 13.0. The van der Waals surface area contributed by atoms with Gasteiger partial charge in [0.25, 0.3) is 0 Å². The Hall–Kier alpha value is -1.46. The standard InChI is InChI=1S/C13H16FNO3/c14-12-3-1-2-11(10-12)13(16)18-9-6-15-4-7-17-8-5-15/h1-3,10H,4-9H2/p+1. The zero-order chi connectivity index (χ0) is 12.8. The smallest absolute Gasteiger partial charge is 0.338 e. The fourth-order valence-corrected chi connectivity index (χ4v) is 1.90. The van der Waals surface area contributed by atoms with Crippen LogP contribution in [0.5, 0.6) is 0 Å². The second-order valence-electron chi connectivity index (χ2n) is 4.26. The number of esters is 1. The summed E-state index contributed by atoms with van der Waals surface area (Å²) in [6.07, 6.45) is 0. The van der Waals surface area contributed by atoms with Gasteiger partial charge in [0, 0.05) is 0 Å². The molecule has 0 aliphatic carbocycles. The quantitative estimate of drug-likeness (QED) is 0.763. The molecule has 4 nitrogen and oxygen atoms in total. The van der Waals surface area contributed by atoms with Crippen LogP contribution in [0, 0.1) is 5.82 Å². The lowest BCUT2D eigenvalue weighted by atomic mass is 10.2. The van der Waals surface area contributed by atoms with Gasteiger partial charge in [0.1, 0.15) is 32.1 Å². The first-order valence-electron chi connectivity index (χ1n) is 6.10. The van der Waals surface area contributed by atoms with Crippen LogP contribution in [-0.4, -0.2) is 45.4 Å². The van der Waals surface area contributed by atoms with Crippen molar-refractivity contribution in [3.05, 3.63) is 35.6 Å². The molecule has 0 radical (unpaired) electrons. The summed E-state index contributed by atoms with van der Waals surface area (Å²) in [7, 11) is 0. The summed E-state index contributed by atoms with van der Waals surface area (Å²) in [6.45, 7) is 4.52. The normalized spacial score (nSPS) is 16.5. The molecule has 0 aromatic heterocycles. The van der Waals surface area contributed by atoms with E-state index < -0.39 is 11.8 Å². The fourth-order valence-electron chi connectivity index (χ4n) is 1.90. The van der Waals surface area contributed by atoms with Crippen molar-refractivity contribution in [2.75, 3.05) is 39.5 Å². The number of carbonyl (C=O) groups is 1. The summed E-state index contributed by atoms with van der Waals surface area (Å²) < 4.78 is 23.3. The number of carbonyl (C=O) groups excluding carboxylic acids is 1. The van der Waals surface area contributed by atoms with Gasteiger partial charge in [-0.3, -0.25) is 0 Å². The third kappa shape index (κ3) is 3.78. The Morgan fingerprint density at radius 3 is 2.89 bits per heavy atom. The predicted octanol–water partition coefficient (Wildman–Crippen LogP) is -0.102. The van der Waals surface area contributed by atoms with Gasteiger partial charge in [-0.25, -0.2) is 9.18 Å². The third-order valence-corrected chi connectivity index (χ3v) is 2.95. The van der Waals surface area contributed by atoms with E-state index in [1.54, 1.807) is 6.07 Å². The molecule has 1 heterocycles. The molecule has 5 heteroatoms. The average Bonchev–Trinajstić information content (AvgIpc) is 2.40. The minimum absolute atomic E-state index is 0.256. The monoisotopic (exact) mass is 254 g/mol. The van der Waals surface area contributed by atoms with Gasteiger partial charge in [-0.05, 0) is 18.2 Å². The van der Waals surface area contributed by atoms with E-state index in [1.165, 1.54) is 23.1 Å². The first-order chi connectivity index (χ1) is 8.75. The van der Waals surface area contributed by atoms with Crippen molar-refractivity contribution in [1.82, 2.24) is 0 Å². The summed E-state index contributed by atoms with van der Waals surface area (Å²) in [6, 6.07) is 5.53. The van der Waals surface area contributed by atoms with Gasteiger partial charge >= 0.3 is 5.97 Å². The fraction of sp³-hybridized carbons (Fsp3) is 0.462. The van der Waals surface area contributed by atoms with E-state index in [2.05, 4.69) is 0 Å². The number of ether oxygens (including phenoxy) is 2. The topological polar surface area (TPSA) is 40.0 Å². The van der Waals surface area contributed by atoms with E-state index in [9.17, 15) is 9.18 Å². The predicted molar refractivity (Wildman–Crippen MR) is 63.1 cm³/mol. The number of nitrogens with one attached hydrogen (secondary N) is 1. The summed E-state index contributed by atoms with van der Waals surface area (Å²) in [5.41, 5.74) is 0.256. The Labute approximate surface area is 105 Å². The van der Waals surface area contributed by atoms with Gasteiger partial charge in [-0.1, -0.05) is 6.07 Å². The van der Waals surface area contributed by atoms with E-state index in [-0.39, 0.29) is 5.56 Å². The summed E-state index contributed by atoms with van der Waals surface area (Å²) in [5, 5.41) is 0. The minimum Gasteiger partial charge on any atom is -0.456 e. The lowest BCUT2D eigenvalue weighted by Gasteiger charge is -2.23. The number of benzene rings is 1. The van der Waals surface area contributed by atoms with Crippen LogP contribution in [0.4, 0.5) is 4.39 Å². The molecule has 18 heavy (non-hydrogen) atoms. The van der Waals surface area contributed by atoms with Crippen molar-refractivity contribution in [1.29, 1.82) is 0 Å². The van der Waals surface area contributed by atoms with Crippen LogP contribution in [0.2, 0.25) is 0 Å². The number of morpholine rings is 1. The molecule has 1 saturated heterocycles.